The summed E-state index contributed by atoms with van der Waals surface area (Å²) < 4.78 is 5.31. The highest BCUT2D eigenvalue weighted by atomic mass is 16.5. The van der Waals surface area contributed by atoms with Gasteiger partial charge in [-0.15, -0.1) is 0 Å². The van der Waals surface area contributed by atoms with Gasteiger partial charge in [-0.3, -0.25) is 4.79 Å². The molecular weight excluding hydrogens is 180 g/mol. The molecule has 0 aromatic heterocycles. The first kappa shape index (κ1) is 9.93. The van der Waals surface area contributed by atoms with Gasteiger partial charge < -0.3 is 15.8 Å². The summed E-state index contributed by atoms with van der Waals surface area (Å²) in [6.07, 6.45) is 4.62. The van der Waals surface area contributed by atoms with Gasteiger partial charge in [0.05, 0.1) is 0 Å². The molecule has 2 aliphatic rings. The number of nitrogens with two attached hydrogens (primary N) is 1. The lowest BCUT2D eigenvalue weighted by molar-refractivity contribution is -0.130. The summed E-state index contributed by atoms with van der Waals surface area (Å²) in [4.78, 5) is 11.6. The summed E-state index contributed by atoms with van der Waals surface area (Å²) in [6, 6.07) is 0.548. The van der Waals surface area contributed by atoms with Crippen LogP contribution in [0.3, 0.4) is 0 Å². The molecule has 0 aromatic carbocycles. The molecule has 0 aromatic rings. The minimum Gasteiger partial charge on any atom is -0.368 e. The van der Waals surface area contributed by atoms with Gasteiger partial charge in [0.15, 0.2) is 0 Å². The zero-order valence-electron chi connectivity index (χ0n) is 8.37. The third-order valence-corrected chi connectivity index (χ3v) is 3.04. The predicted octanol–water partition coefficient (Wildman–Crippen LogP) is 0.161. The van der Waals surface area contributed by atoms with Crippen LogP contribution in [0.2, 0.25) is 0 Å². The van der Waals surface area contributed by atoms with E-state index < -0.39 is 0 Å². The summed E-state index contributed by atoms with van der Waals surface area (Å²) in [6.45, 7) is 0.724. The molecule has 1 saturated carbocycles. The molecule has 2 unspecified atom stereocenters. The lowest BCUT2D eigenvalue weighted by Crippen LogP contribution is -2.40. The maximum atomic E-state index is 11.6. The highest BCUT2D eigenvalue weighted by Gasteiger charge is 2.28. The molecule has 0 spiro atoms. The Morgan fingerprint density at radius 2 is 2.21 bits per heavy atom. The standard InChI is InChI=1S/C10H18N2O2/c11-7-3-4-8(6-7)12-10(13)9-2-1-5-14-9/h7-9H,1-6,11H2,(H,12,13)/t7?,8?,9-/m0/s1. The molecule has 0 radical (unpaired) electrons. The molecule has 2 rings (SSSR count). The normalized spacial score (nSPS) is 37.4. The van der Waals surface area contributed by atoms with Crippen molar-refractivity contribution in [1.82, 2.24) is 5.32 Å². The highest BCUT2D eigenvalue weighted by molar-refractivity contribution is 5.81. The Kier molecular flexibility index (Phi) is 3.03. The van der Waals surface area contributed by atoms with E-state index in [2.05, 4.69) is 5.32 Å². The molecule has 1 amide bonds. The first-order chi connectivity index (χ1) is 6.75. The van der Waals surface area contributed by atoms with Crippen LogP contribution in [0.15, 0.2) is 0 Å². The van der Waals surface area contributed by atoms with Crippen molar-refractivity contribution in [1.29, 1.82) is 0 Å². The van der Waals surface area contributed by atoms with Gasteiger partial charge in [-0.2, -0.15) is 0 Å². The average molecular weight is 198 g/mol. The third kappa shape index (κ3) is 2.25. The number of nitrogens with one attached hydrogen (secondary N) is 1. The maximum Gasteiger partial charge on any atom is 0.249 e. The molecule has 3 N–H and O–H groups in total. The van der Waals surface area contributed by atoms with Gasteiger partial charge in [0.1, 0.15) is 6.10 Å². The smallest absolute Gasteiger partial charge is 0.249 e. The molecule has 1 heterocycles. The third-order valence-electron chi connectivity index (χ3n) is 3.04. The van der Waals surface area contributed by atoms with Crippen LogP contribution in [0.25, 0.3) is 0 Å². The SMILES string of the molecule is NC1CCC(NC(=O)[C@@H]2CCCO2)C1. The fraction of sp³-hybridized carbons (Fsp3) is 0.900. The molecular formula is C10H18N2O2. The van der Waals surface area contributed by atoms with Gasteiger partial charge in [0, 0.05) is 18.7 Å². The molecule has 4 heteroatoms. The van der Waals surface area contributed by atoms with Crippen molar-refractivity contribution in [2.24, 2.45) is 5.73 Å². The van der Waals surface area contributed by atoms with Crippen molar-refractivity contribution in [3.8, 4) is 0 Å². The van der Waals surface area contributed by atoms with Gasteiger partial charge in [-0.05, 0) is 32.1 Å². The largest absolute Gasteiger partial charge is 0.368 e. The minimum absolute atomic E-state index is 0.0570. The van der Waals surface area contributed by atoms with Crippen molar-refractivity contribution in [3.63, 3.8) is 0 Å². The Morgan fingerprint density at radius 1 is 1.36 bits per heavy atom. The Labute approximate surface area is 84.2 Å². The number of rotatable bonds is 2. The van der Waals surface area contributed by atoms with E-state index in [1.165, 1.54) is 0 Å². The summed E-state index contributed by atoms with van der Waals surface area (Å²) in [5.41, 5.74) is 5.77. The van der Waals surface area contributed by atoms with Crippen molar-refractivity contribution in [2.75, 3.05) is 6.61 Å². The van der Waals surface area contributed by atoms with Crippen LogP contribution >= 0.6 is 0 Å². The van der Waals surface area contributed by atoms with Gasteiger partial charge in [-0.1, -0.05) is 0 Å². The van der Waals surface area contributed by atoms with Gasteiger partial charge in [0.2, 0.25) is 5.91 Å². The van der Waals surface area contributed by atoms with Crippen LogP contribution in [0.1, 0.15) is 32.1 Å². The second kappa shape index (κ2) is 4.28. The molecule has 2 fully saturated rings. The van der Waals surface area contributed by atoms with Crippen LogP contribution in [-0.4, -0.2) is 30.7 Å². The topological polar surface area (TPSA) is 64.3 Å². The Bertz CT molecular complexity index is 214. The van der Waals surface area contributed by atoms with Crippen molar-refractivity contribution in [3.05, 3.63) is 0 Å². The van der Waals surface area contributed by atoms with E-state index in [1.54, 1.807) is 0 Å². The predicted molar refractivity (Wildman–Crippen MR) is 52.7 cm³/mol. The van der Waals surface area contributed by atoms with E-state index >= 15 is 0 Å². The van der Waals surface area contributed by atoms with Crippen LogP contribution < -0.4 is 11.1 Å². The summed E-state index contributed by atoms with van der Waals surface area (Å²) in [5, 5.41) is 3.01. The van der Waals surface area contributed by atoms with E-state index in [4.69, 9.17) is 10.5 Å². The highest BCUT2D eigenvalue weighted by Crippen LogP contribution is 2.18. The Hall–Kier alpha value is -0.610. The van der Waals surface area contributed by atoms with Crippen LogP contribution in [0.4, 0.5) is 0 Å². The molecule has 14 heavy (non-hydrogen) atoms. The summed E-state index contributed by atoms with van der Waals surface area (Å²) in [7, 11) is 0. The number of amides is 1. The fourth-order valence-electron chi connectivity index (χ4n) is 2.23. The summed E-state index contributed by atoms with van der Waals surface area (Å²) in [5.74, 6) is 0.0570. The van der Waals surface area contributed by atoms with Gasteiger partial charge in [0.25, 0.3) is 0 Å². The van der Waals surface area contributed by atoms with Crippen LogP contribution in [0, 0.1) is 0 Å². The van der Waals surface area contributed by atoms with Crippen LogP contribution in [-0.2, 0) is 9.53 Å². The second-order valence-electron chi connectivity index (χ2n) is 4.28. The van der Waals surface area contributed by atoms with Crippen molar-refractivity contribution >= 4 is 5.91 Å². The van der Waals surface area contributed by atoms with E-state index in [-0.39, 0.29) is 24.1 Å². The number of carbonyl (C=O) groups is 1. The first-order valence-corrected chi connectivity index (χ1v) is 5.43. The summed E-state index contributed by atoms with van der Waals surface area (Å²) >= 11 is 0. The minimum atomic E-state index is -0.202. The lowest BCUT2D eigenvalue weighted by Gasteiger charge is -2.15. The molecule has 0 bridgehead atoms. The fourth-order valence-corrected chi connectivity index (χ4v) is 2.23. The zero-order valence-corrected chi connectivity index (χ0v) is 8.37. The maximum absolute atomic E-state index is 11.6. The monoisotopic (exact) mass is 198 g/mol. The van der Waals surface area contributed by atoms with E-state index in [0.29, 0.717) is 0 Å². The number of hydrogen-bond donors (Lipinski definition) is 2. The second-order valence-corrected chi connectivity index (χ2v) is 4.28. The average Bonchev–Trinajstić information content (AvgIpc) is 2.75. The van der Waals surface area contributed by atoms with E-state index in [1.807, 2.05) is 0 Å². The molecule has 3 atom stereocenters. The number of ether oxygens (including phenoxy) is 1. The van der Waals surface area contributed by atoms with E-state index in [0.717, 1.165) is 38.7 Å². The van der Waals surface area contributed by atoms with Crippen molar-refractivity contribution in [2.45, 2.75) is 50.3 Å². The first-order valence-electron chi connectivity index (χ1n) is 5.43. The Morgan fingerprint density at radius 3 is 2.79 bits per heavy atom. The molecule has 1 aliphatic carbocycles. The number of hydrogen-bond acceptors (Lipinski definition) is 3. The van der Waals surface area contributed by atoms with Crippen LogP contribution in [0.5, 0.6) is 0 Å². The van der Waals surface area contributed by atoms with Gasteiger partial charge >= 0.3 is 0 Å². The van der Waals surface area contributed by atoms with Crippen molar-refractivity contribution < 1.29 is 9.53 Å². The lowest BCUT2D eigenvalue weighted by atomic mass is 10.2. The number of carbonyl (C=O) groups excluding carboxylic acids is 1. The quantitative estimate of drug-likeness (QED) is 0.664. The van der Waals surface area contributed by atoms with Gasteiger partial charge in [-0.25, -0.2) is 0 Å². The van der Waals surface area contributed by atoms with E-state index in [9.17, 15) is 4.79 Å². The molecule has 1 aliphatic heterocycles. The molecule has 80 valence electrons. The zero-order chi connectivity index (χ0) is 9.97. The molecule has 1 saturated heterocycles. The molecule has 4 nitrogen and oxygen atoms in total. The Balaban J connectivity index is 1.76.